The van der Waals surface area contributed by atoms with Gasteiger partial charge in [0.2, 0.25) is 5.95 Å². The van der Waals surface area contributed by atoms with Crippen LogP contribution in [-0.4, -0.2) is 59.3 Å². The lowest BCUT2D eigenvalue weighted by atomic mass is 10.1. The van der Waals surface area contributed by atoms with Crippen LogP contribution in [0, 0.1) is 6.92 Å². The topological polar surface area (TPSA) is 72.5 Å². The van der Waals surface area contributed by atoms with Crippen molar-refractivity contribution in [1.29, 1.82) is 0 Å². The fraction of sp³-hybridized carbons (Fsp3) is 0.444. The van der Waals surface area contributed by atoms with Gasteiger partial charge in [-0.15, -0.1) is 0 Å². The fourth-order valence-electron chi connectivity index (χ4n) is 3.08. The van der Waals surface area contributed by atoms with Crippen molar-refractivity contribution in [2.45, 2.75) is 13.3 Å². The van der Waals surface area contributed by atoms with Crippen molar-refractivity contribution in [2.24, 2.45) is 0 Å². The number of nitrogens with zero attached hydrogens (tertiary/aromatic N) is 3. The molecule has 128 valence electrons. The van der Waals surface area contributed by atoms with E-state index in [9.17, 15) is 4.79 Å². The highest BCUT2D eigenvalue weighted by atomic mass is 16.3. The first-order valence-corrected chi connectivity index (χ1v) is 8.39. The smallest absolute Gasteiger partial charge is 0.256 e. The first kappa shape index (κ1) is 16.7. The molecule has 0 saturated carbocycles. The van der Waals surface area contributed by atoms with Gasteiger partial charge < -0.3 is 10.0 Å². The van der Waals surface area contributed by atoms with E-state index in [1.54, 1.807) is 0 Å². The lowest BCUT2D eigenvalue weighted by molar-refractivity contribution is 0.188. The van der Waals surface area contributed by atoms with E-state index < -0.39 is 0 Å². The Balaban J connectivity index is 1.74. The molecule has 0 aliphatic carbocycles. The molecule has 2 N–H and O–H groups in total. The molecular formula is C18H24N4O2. The van der Waals surface area contributed by atoms with Gasteiger partial charge in [0, 0.05) is 44.7 Å². The highest BCUT2D eigenvalue weighted by Gasteiger charge is 2.19. The third-order valence-electron chi connectivity index (χ3n) is 4.52. The number of aromatic nitrogens is 2. The Morgan fingerprint density at radius 1 is 1.17 bits per heavy atom. The van der Waals surface area contributed by atoms with Crippen molar-refractivity contribution < 1.29 is 5.11 Å². The first-order valence-electron chi connectivity index (χ1n) is 8.39. The maximum atomic E-state index is 12.5. The normalized spacial score (nSPS) is 15.7. The van der Waals surface area contributed by atoms with Crippen molar-refractivity contribution in [3.05, 3.63) is 57.5 Å². The van der Waals surface area contributed by atoms with E-state index in [2.05, 4.69) is 19.8 Å². The van der Waals surface area contributed by atoms with Crippen molar-refractivity contribution in [3.63, 3.8) is 0 Å². The number of rotatable bonds is 5. The number of anilines is 1. The Kier molecular flexibility index (Phi) is 5.27. The average molecular weight is 328 g/mol. The Labute approximate surface area is 141 Å². The molecule has 0 bridgehead atoms. The number of hydrogen-bond donors (Lipinski definition) is 2. The van der Waals surface area contributed by atoms with E-state index in [-0.39, 0.29) is 12.2 Å². The summed E-state index contributed by atoms with van der Waals surface area (Å²) >= 11 is 0. The van der Waals surface area contributed by atoms with Gasteiger partial charge in [-0.05, 0) is 12.5 Å². The summed E-state index contributed by atoms with van der Waals surface area (Å²) in [4.78, 5) is 24.4. The van der Waals surface area contributed by atoms with Crippen LogP contribution in [0.2, 0.25) is 0 Å². The predicted octanol–water partition coefficient (Wildman–Crippen LogP) is 0.783. The fourth-order valence-corrected chi connectivity index (χ4v) is 3.08. The molecule has 0 atom stereocenters. The minimum absolute atomic E-state index is 0.0564. The van der Waals surface area contributed by atoms with Crippen LogP contribution < -0.4 is 10.5 Å². The third-order valence-corrected chi connectivity index (χ3v) is 4.52. The van der Waals surface area contributed by atoms with Crippen molar-refractivity contribution in [1.82, 2.24) is 14.9 Å². The van der Waals surface area contributed by atoms with Gasteiger partial charge in [-0.2, -0.15) is 0 Å². The summed E-state index contributed by atoms with van der Waals surface area (Å²) in [5.41, 5.74) is 2.57. The van der Waals surface area contributed by atoms with Crippen molar-refractivity contribution in [2.75, 3.05) is 44.2 Å². The summed E-state index contributed by atoms with van der Waals surface area (Å²) in [7, 11) is 0. The Morgan fingerprint density at radius 2 is 1.88 bits per heavy atom. The van der Waals surface area contributed by atoms with Crippen molar-refractivity contribution in [3.8, 4) is 0 Å². The second-order valence-corrected chi connectivity index (χ2v) is 6.17. The maximum Gasteiger partial charge on any atom is 0.256 e. The van der Waals surface area contributed by atoms with Gasteiger partial charge in [0.25, 0.3) is 5.56 Å². The quantitative estimate of drug-likeness (QED) is 0.849. The summed E-state index contributed by atoms with van der Waals surface area (Å²) < 4.78 is 0. The summed E-state index contributed by atoms with van der Waals surface area (Å²) in [6.07, 6.45) is 0.597. The Hall–Kier alpha value is -2.18. The molecule has 1 aromatic carbocycles. The van der Waals surface area contributed by atoms with E-state index in [0.717, 1.165) is 43.0 Å². The highest BCUT2D eigenvalue weighted by Crippen LogP contribution is 2.13. The van der Waals surface area contributed by atoms with Crippen LogP contribution in [-0.2, 0) is 6.42 Å². The molecule has 3 rings (SSSR count). The Morgan fingerprint density at radius 3 is 2.50 bits per heavy atom. The monoisotopic (exact) mass is 328 g/mol. The molecule has 1 fully saturated rings. The number of aryl methyl sites for hydroxylation is 1. The SMILES string of the molecule is Cc1nc(N2CCN(CCO)CC2)[nH]c(=O)c1Cc1ccccc1. The van der Waals surface area contributed by atoms with Crippen LogP contribution in [0.3, 0.4) is 0 Å². The number of β-amino-alcohol motifs (C(OH)–C–C–N with tert-alkyl or cyclic N) is 1. The van der Waals surface area contributed by atoms with E-state index in [4.69, 9.17) is 5.11 Å². The van der Waals surface area contributed by atoms with Crippen LogP contribution in [0.4, 0.5) is 5.95 Å². The predicted molar refractivity (Wildman–Crippen MR) is 94.6 cm³/mol. The van der Waals surface area contributed by atoms with Crippen molar-refractivity contribution >= 4 is 5.95 Å². The summed E-state index contributed by atoms with van der Waals surface area (Å²) in [5.74, 6) is 0.651. The number of nitrogens with one attached hydrogen (secondary N) is 1. The van der Waals surface area contributed by atoms with E-state index >= 15 is 0 Å². The van der Waals surface area contributed by atoms with Gasteiger partial charge in [0.15, 0.2) is 0 Å². The molecule has 1 aliphatic rings. The number of benzene rings is 1. The van der Waals surface area contributed by atoms with Gasteiger partial charge in [-0.1, -0.05) is 30.3 Å². The first-order chi connectivity index (χ1) is 11.7. The molecule has 6 nitrogen and oxygen atoms in total. The molecule has 24 heavy (non-hydrogen) atoms. The van der Waals surface area contributed by atoms with Crippen LogP contribution in [0.5, 0.6) is 0 Å². The van der Waals surface area contributed by atoms with Crippen LogP contribution in [0.15, 0.2) is 35.1 Å². The summed E-state index contributed by atoms with van der Waals surface area (Å²) in [6, 6.07) is 9.97. The van der Waals surface area contributed by atoms with Gasteiger partial charge >= 0.3 is 0 Å². The third kappa shape index (κ3) is 3.83. The minimum Gasteiger partial charge on any atom is -0.395 e. The molecule has 0 unspecified atom stereocenters. The molecule has 0 amide bonds. The van der Waals surface area contributed by atoms with E-state index in [0.29, 0.717) is 18.9 Å². The zero-order chi connectivity index (χ0) is 16.9. The zero-order valence-corrected chi connectivity index (χ0v) is 14.0. The molecular weight excluding hydrogens is 304 g/mol. The zero-order valence-electron chi connectivity index (χ0n) is 14.0. The molecule has 6 heteroatoms. The van der Waals surface area contributed by atoms with Crippen LogP contribution in [0.25, 0.3) is 0 Å². The maximum absolute atomic E-state index is 12.5. The molecule has 0 radical (unpaired) electrons. The molecule has 2 aromatic rings. The molecule has 1 aromatic heterocycles. The Bertz CT molecular complexity index is 722. The number of H-pyrrole nitrogens is 1. The summed E-state index contributed by atoms with van der Waals surface area (Å²) in [5, 5.41) is 9.01. The van der Waals surface area contributed by atoms with Crippen LogP contribution >= 0.6 is 0 Å². The largest absolute Gasteiger partial charge is 0.395 e. The number of piperazine rings is 1. The highest BCUT2D eigenvalue weighted by molar-refractivity contribution is 5.35. The van der Waals surface area contributed by atoms with Gasteiger partial charge in [-0.25, -0.2) is 4.98 Å². The number of aliphatic hydroxyl groups excluding tert-OH is 1. The second kappa shape index (κ2) is 7.59. The molecule has 1 aliphatic heterocycles. The average Bonchev–Trinajstić information content (AvgIpc) is 2.60. The molecule has 1 saturated heterocycles. The molecule has 0 spiro atoms. The molecule has 2 heterocycles. The second-order valence-electron chi connectivity index (χ2n) is 6.17. The number of hydrogen-bond acceptors (Lipinski definition) is 5. The minimum atomic E-state index is -0.0564. The standard InChI is InChI=1S/C18H24N4O2/c1-14-16(13-15-5-3-2-4-6-15)17(24)20-18(19-14)22-9-7-21(8-10-22)11-12-23/h2-6,23H,7-13H2,1H3,(H,19,20,24). The number of aromatic amines is 1. The lowest BCUT2D eigenvalue weighted by Gasteiger charge is -2.34. The van der Waals surface area contributed by atoms with Crippen LogP contribution in [0.1, 0.15) is 16.8 Å². The lowest BCUT2D eigenvalue weighted by Crippen LogP contribution is -2.48. The number of aliphatic hydroxyl groups is 1. The van der Waals surface area contributed by atoms with E-state index in [1.807, 2.05) is 37.3 Å². The van der Waals surface area contributed by atoms with E-state index in [1.165, 1.54) is 0 Å². The summed E-state index contributed by atoms with van der Waals surface area (Å²) in [6.45, 7) is 6.14. The van der Waals surface area contributed by atoms with Gasteiger partial charge in [-0.3, -0.25) is 14.7 Å². The van der Waals surface area contributed by atoms with Gasteiger partial charge in [0.1, 0.15) is 0 Å². The van der Waals surface area contributed by atoms with Gasteiger partial charge in [0.05, 0.1) is 12.3 Å².